The van der Waals surface area contributed by atoms with Crippen LogP contribution in [-0.4, -0.2) is 29.8 Å². The molecular formula is C22H28N2O2. The van der Waals surface area contributed by atoms with Crippen molar-refractivity contribution in [2.75, 3.05) is 7.05 Å². The predicted molar refractivity (Wildman–Crippen MR) is 105 cm³/mol. The molecule has 0 fully saturated rings. The van der Waals surface area contributed by atoms with Crippen LogP contribution in [0.3, 0.4) is 0 Å². The van der Waals surface area contributed by atoms with Gasteiger partial charge in [-0.1, -0.05) is 48.0 Å². The molecule has 2 aromatic rings. The van der Waals surface area contributed by atoms with Gasteiger partial charge in [0.05, 0.1) is 6.42 Å². The highest BCUT2D eigenvalue weighted by atomic mass is 16.2. The lowest BCUT2D eigenvalue weighted by Gasteiger charge is -2.28. The molecule has 4 nitrogen and oxygen atoms in total. The van der Waals surface area contributed by atoms with Crippen LogP contribution in [0.25, 0.3) is 0 Å². The van der Waals surface area contributed by atoms with E-state index in [0.29, 0.717) is 6.54 Å². The first-order valence-corrected chi connectivity index (χ1v) is 8.94. The number of aryl methyl sites for hydroxylation is 3. The van der Waals surface area contributed by atoms with Crippen LogP contribution in [0.2, 0.25) is 0 Å². The van der Waals surface area contributed by atoms with Crippen molar-refractivity contribution in [3.63, 3.8) is 0 Å². The van der Waals surface area contributed by atoms with Crippen molar-refractivity contribution in [1.82, 2.24) is 10.2 Å². The quantitative estimate of drug-likeness (QED) is 0.867. The monoisotopic (exact) mass is 352 g/mol. The largest absolute Gasteiger partial charge is 0.357 e. The molecule has 0 aromatic heterocycles. The summed E-state index contributed by atoms with van der Waals surface area (Å²) in [7, 11) is 1.59. The molecule has 2 aromatic carbocycles. The molecule has 2 rings (SSSR count). The number of amides is 2. The Balaban J connectivity index is 2.25. The van der Waals surface area contributed by atoms with Crippen LogP contribution in [-0.2, 0) is 22.6 Å². The van der Waals surface area contributed by atoms with Crippen molar-refractivity contribution in [1.29, 1.82) is 0 Å². The minimum atomic E-state index is -0.528. The Bertz CT molecular complexity index is 798. The van der Waals surface area contributed by atoms with Crippen molar-refractivity contribution < 1.29 is 9.59 Å². The van der Waals surface area contributed by atoms with Crippen LogP contribution in [0.5, 0.6) is 0 Å². The molecule has 0 bridgehead atoms. The highest BCUT2D eigenvalue weighted by molar-refractivity contribution is 5.88. The van der Waals surface area contributed by atoms with Crippen LogP contribution < -0.4 is 5.32 Å². The minimum absolute atomic E-state index is 0.0501. The second kappa shape index (κ2) is 8.65. The van der Waals surface area contributed by atoms with Gasteiger partial charge in [-0.25, -0.2) is 0 Å². The van der Waals surface area contributed by atoms with E-state index in [9.17, 15) is 9.59 Å². The molecule has 0 unspecified atom stereocenters. The number of benzene rings is 2. The summed E-state index contributed by atoms with van der Waals surface area (Å²) in [6.07, 6.45) is 0.286. The lowest BCUT2D eigenvalue weighted by atomic mass is 10.0. The van der Waals surface area contributed by atoms with Gasteiger partial charge < -0.3 is 10.2 Å². The van der Waals surface area contributed by atoms with Gasteiger partial charge >= 0.3 is 0 Å². The van der Waals surface area contributed by atoms with E-state index >= 15 is 0 Å². The number of rotatable bonds is 6. The van der Waals surface area contributed by atoms with Gasteiger partial charge in [0.1, 0.15) is 6.04 Å². The lowest BCUT2D eigenvalue weighted by Crippen LogP contribution is -2.47. The zero-order valence-corrected chi connectivity index (χ0v) is 16.3. The maximum atomic E-state index is 13.0. The summed E-state index contributed by atoms with van der Waals surface area (Å²) in [5.41, 5.74) is 5.50. The van der Waals surface area contributed by atoms with Crippen LogP contribution in [0.1, 0.15) is 34.7 Å². The summed E-state index contributed by atoms with van der Waals surface area (Å²) in [5, 5.41) is 2.64. The molecule has 0 radical (unpaired) electrons. The Morgan fingerprint density at radius 1 is 1.00 bits per heavy atom. The number of carbonyl (C=O) groups excluding carboxylic acids is 2. The standard InChI is InChI=1S/C22H28N2O2/c1-15-7-6-8-20(11-15)14-24(18(4)22(26)23-5)21(25)13-19-10-9-16(2)17(3)12-19/h6-12,18H,13-14H2,1-5H3,(H,23,26)/t18-/m1/s1. The van der Waals surface area contributed by atoms with Crippen molar-refractivity contribution >= 4 is 11.8 Å². The van der Waals surface area contributed by atoms with Crippen molar-refractivity contribution in [3.05, 3.63) is 70.3 Å². The number of nitrogens with zero attached hydrogens (tertiary/aromatic N) is 1. The van der Waals surface area contributed by atoms with E-state index in [1.165, 1.54) is 11.1 Å². The van der Waals surface area contributed by atoms with E-state index in [1.807, 2.05) is 56.3 Å². The molecule has 0 heterocycles. The van der Waals surface area contributed by atoms with Crippen LogP contribution >= 0.6 is 0 Å². The van der Waals surface area contributed by atoms with Crippen molar-refractivity contribution in [2.45, 2.75) is 46.7 Å². The van der Waals surface area contributed by atoms with Gasteiger partial charge in [-0.05, 0) is 49.9 Å². The van der Waals surface area contributed by atoms with E-state index in [4.69, 9.17) is 0 Å². The molecule has 0 spiro atoms. The molecule has 4 heteroatoms. The van der Waals surface area contributed by atoms with E-state index in [1.54, 1.807) is 18.9 Å². The molecule has 0 saturated heterocycles. The first-order valence-electron chi connectivity index (χ1n) is 8.94. The number of likely N-dealkylation sites (N-methyl/N-ethyl adjacent to an activating group) is 1. The third-order valence-electron chi connectivity index (χ3n) is 4.78. The van der Waals surface area contributed by atoms with Crippen LogP contribution in [0, 0.1) is 20.8 Å². The van der Waals surface area contributed by atoms with Gasteiger partial charge in [-0.3, -0.25) is 9.59 Å². The molecule has 0 aliphatic rings. The fourth-order valence-electron chi connectivity index (χ4n) is 2.99. The number of hydrogen-bond acceptors (Lipinski definition) is 2. The number of carbonyl (C=O) groups is 2. The Kier molecular flexibility index (Phi) is 6.56. The minimum Gasteiger partial charge on any atom is -0.357 e. The first kappa shape index (κ1) is 19.7. The van der Waals surface area contributed by atoms with Crippen molar-refractivity contribution in [3.8, 4) is 0 Å². The van der Waals surface area contributed by atoms with Crippen molar-refractivity contribution in [2.24, 2.45) is 0 Å². The molecule has 0 saturated carbocycles. The van der Waals surface area contributed by atoms with Gasteiger partial charge in [0, 0.05) is 13.6 Å². The summed E-state index contributed by atoms with van der Waals surface area (Å²) in [6.45, 7) is 8.30. The number of hydrogen-bond donors (Lipinski definition) is 1. The van der Waals surface area contributed by atoms with Gasteiger partial charge in [0.25, 0.3) is 0 Å². The smallest absolute Gasteiger partial charge is 0.242 e. The van der Waals surface area contributed by atoms with E-state index in [0.717, 1.165) is 16.7 Å². The summed E-state index contributed by atoms with van der Waals surface area (Å²) < 4.78 is 0. The average Bonchev–Trinajstić information content (AvgIpc) is 2.61. The van der Waals surface area contributed by atoms with Gasteiger partial charge in [-0.2, -0.15) is 0 Å². The van der Waals surface area contributed by atoms with Crippen LogP contribution in [0.15, 0.2) is 42.5 Å². The van der Waals surface area contributed by atoms with Gasteiger partial charge in [0.2, 0.25) is 11.8 Å². The maximum Gasteiger partial charge on any atom is 0.242 e. The Labute approximate surface area is 156 Å². The number of nitrogens with one attached hydrogen (secondary N) is 1. The van der Waals surface area contributed by atoms with Gasteiger partial charge in [-0.15, -0.1) is 0 Å². The summed E-state index contributed by atoms with van der Waals surface area (Å²) in [4.78, 5) is 26.8. The molecular weight excluding hydrogens is 324 g/mol. The first-order chi connectivity index (χ1) is 12.3. The Morgan fingerprint density at radius 2 is 1.73 bits per heavy atom. The molecule has 0 aliphatic heterocycles. The summed E-state index contributed by atoms with van der Waals surface area (Å²) in [6, 6.07) is 13.6. The highest BCUT2D eigenvalue weighted by Gasteiger charge is 2.25. The molecule has 138 valence electrons. The molecule has 26 heavy (non-hydrogen) atoms. The van der Waals surface area contributed by atoms with E-state index in [-0.39, 0.29) is 18.2 Å². The zero-order valence-electron chi connectivity index (χ0n) is 16.3. The fourth-order valence-corrected chi connectivity index (χ4v) is 2.99. The SMILES string of the molecule is CNC(=O)[C@@H](C)N(Cc1cccc(C)c1)C(=O)Cc1ccc(C)c(C)c1. The molecule has 1 atom stereocenters. The normalized spacial score (nSPS) is 11.7. The predicted octanol–water partition coefficient (Wildman–Crippen LogP) is 3.32. The Hall–Kier alpha value is -2.62. The summed E-state index contributed by atoms with van der Waals surface area (Å²) >= 11 is 0. The lowest BCUT2D eigenvalue weighted by molar-refractivity contribution is -0.139. The van der Waals surface area contributed by atoms with Gasteiger partial charge in [0.15, 0.2) is 0 Å². The second-order valence-electron chi connectivity index (χ2n) is 6.90. The Morgan fingerprint density at radius 3 is 2.35 bits per heavy atom. The van der Waals surface area contributed by atoms with E-state index in [2.05, 4.69) is 12.2 Å². The second-order valence-corrected chi connectivity index (χ2v) is 6.90. The van der Waals surface area contributed by atoms with E-state index < -0.39 is 6.04 Å². The molecule has 2 amide bonds. The summed E-state index contributed by atoms with van der Waals surface area (Å²) in [5.74, 6) is -0.211. The molecule has 0 aliphatic carbocycles. The zero-order chi connectivity index (χ0) is 19.3. The fraction of sp³-hybridized carbons (Fsp3) is 0.364. The highest BCUT2D eigenvalue weighted by Crippen LogP contribution is 2.15. The average molecular weight is 352 g/mol. The third kappa shape index (κ3) is 4.94. The topological polar surface area (TPSA) is 49.4 Å². The molecule has 1 N–H and O–H groups in total. The third-order valence-corrected chi connectivity index (χ3v) is 4.78. The van der Waals surface area contributed by atoms with Crippen LogP contribution in [0.4, 0.5) is 0 Å². The maximum absolute atomic E-state index is 13.0.